The zero-order valence-electron chi connectivity index (χ0n) is 98.6. The number of amides is 7. The minimum Gasteiger partial charge on any atom is -0.444 e. The second-order valence-corrected chi connectivity index (χ2v) is 57.5. The van der Waals surface area contributed by atoms with Gasteiger partial charge in [-0.15, -0.1) is 0 Å². The largest absolute Gasteiger partial charge is 0.444 e. The summed E-state index contributed by atoms with van der Waals surface area (Å²) in [5, 5.41) is 15.8. The molecule has 20 nitrogen and oxygen atoms in total. The van der Waals surface area contributed by atoms with Gasteiger partial charge in [0, 0.05) is 93.6 Å². The van der Waals surface area contributed by atoms with E-state index < -0.39 is 16.8 Å². The Bertz CT molecular complexity index is 3450. The van der Waals surface area contributed by atoms with Crippen LogP contribution in [0, 0.1) is 90.7 Å². The summed E-state index contributed by atoms with van der Waals surface area (Å²) >= 11 is 0. The first-order valence-electron chi connectivity index (χ1n) is 56.4. The quantitative estimate of drug-likeness (QED) is 0.0761. The zero-order chi connectivity index (χ0) is 107. The van der Waals surface area contributed by atoms with Crippen LogP contribution >= 0.6 is 0 Å². The van der Waals surface area contributed by atoms with Crippen molar-refractivity contribution in [3.8, 4) is 0 Å². The summed E-state index contributed by atoms with van der Waals surface area (Å²) in [5.41, 5.74) is 8.64. The molecule has 7 amide bonds. The summed E-state index contributed by atoms with van der Waals surface area (Å²) in [6.07, 6.45) is 54.2. The Kier molecular flexibility index (Phi) is 55.1. The normalized spacial score (nSPS) is 25.5. The Morgan fingerprint density at radius 1 is 0.284 bits per heavy atom. The van der Waals surface area contributed by atoms with Gasteiger partial charge >= 0.3 is 24.3 Å². The lowest BCUT2D eigenvalue weighted by molar-refractivity contribution is 0.0155. The van der Waals surface area contributed by atoms with Crippen LogP contribution in [0.2, 0.25) is 0 Å². The van der Waals surface area contributed by atoms with Crippen LogP contribution in [0.15, 0.2) is 48.9 Å². The number of pyridine rings is 2. The minimum atomic E-state index is -0.408. The molecule has 8 aliphatic carbocycles. The molecule has 0 spiro atoms. The number of carbonyl (C=O) groups is 6. The minimum absolute atomic E-state index is 0.0340. The van der Waals surface area contributed by atoms with Crippen LogP contribution in [-0.2, 0) is 14.2 Å². The molecular weight excluding hydrogens is 1750 g/mol. The first kappa shape index (κ1) is 129. The van der Waals surface area contributed by atoms with E-state index >= 15 is 0 Å². The third-order valence-electron chi connectivity index (χ3n) is 29.3. The second kappa shape index (κ2) is 60.0. The van der Waals surface area contributed by atoms with Gasteiger partial charge in [-0.05, 0) is 448 Å². The van der Waals surface area contributed by atoms with Gasteiger partial charge in [-0.1, -0.05) is 172 Å². The van der Waals surface area contributed by atoms with E-state index in [1.54, 1.807) is 51.5 Å². The van der Waals surface area contributed by atoms with Crippen LogP contribution in [0.4, 0.5) is 19.2 Å². The van der Waals surface area contributed by atoms with E-state index in [9.17, 15) is 28.8 Å². The number of hydrogen-bond donors (Lipinski definition) is 6. The van der Waals surface area contributed by atoms with Crippen molar-refractivity contribution < 1.29 is 43.0 Å². The van der Waals surface area contributed by atoms with Crippen LogP contribution in [0.3, 0.4) is 0 Å². The summed E-state index contributed by atoms with van der Waals surface area (Å²) in [6, 6.07) is 12.2. The van der Waals surface area contributed by atoms with Crippen LogP contribution in [0.1, 0.15) is 506 Å². The molecule has 8 saturated carbocycles. The number of urea groups is 1. The summed E-state index contributed by atoms with van der Waals surface area (Å²) < 4.78 is 16.3. The van der Waals surface area contributed by atoms with Crippen molar-refractivity contribution in [3.63, 3.8) is 0 Å². The lowest BCUT2D eigenvalue weighted by Crippen LogP contribution is -2.42. The predicted octanol–water partition coefficient (Wildman–Crippen LogP) is 31.2. The molecule has 0 radical (unpaired) electrons. The molecule has 2 aromatic heterocycles. The van der Waals surface area contributed by atoms with Gasteiger partial charge in [0.05, 0.1) is 0 Å². The Morgan fingerprint density at radius 2 is 0.489 bits per heavy atom. The fourth-order valence-electron chi connectivity index (χ4n) is 23.2. The third-order valence-corrected chi connectivity index (χ3v) is 29.3. The van der Waals surface area contributed by atoms with Crippen molar-refractivity contribution in [3.05, 3.63) is 60.2 Å². The summed E-state index contributed by atoms with van der Waals surface area (Å²) in [6.45, 7) is 72.9. The van der Waals surface area contributed by atoms with Gasteiger partial charge in [0.15, 0.2) is 0 Å². The van der Waals surface area contributed by atoms with Crippen LogP contribution in [0.5, 0.6) is 0 Å². The summed E-state index contributed by atoms with van der Waals surface area (Å²) in [5.74, 6) is 6.90. The lowest BCUT2D eigenvalue weighted by Gasteiger charge is -2.37. The highest BCUT2D eigenvalue weighted by molar-refractivity contribution is 5.94. The molecule has 818 valence electrons. The molecule has 8 aliphatic rings. The highest BCUT2D eigenvalue weighted by Crippen LogP contribution is 2.43. The SMILES string of the molecule is CC(C)(C)CC1CCC(NC(=O)c2ccccn2)CC1.CC(C)(C)CC1CCC(NC(=O)c2ccncc2)CC1.CC(C)(C)CC1CCC(NC(N)=O)CC1.CN(C(=O)OC(C)(C)C)C1CCC(CC(C)(C)C)CC1.CN(C(=O)OC(C)(C)C)C1CCC(CC(C)(C)C)CC1.CN(C(=O)OC(C)(C)C)C1CCC(CC(C)(C)C)CC1.CNC1CCC(CC(C)(C)C)CC1.CNC1CCC(CC(C)(C)C)CC1. The first-order chi connectivity index (χ1) is 64.7. The van der Waals surface area contributed by atoms with E-state index in [0.717, 1.165) is 136 Å². The monoisotopic (exact) mass is 1980 g/mol. The Morgan fingerprint density at radius 3 is 0.681 bits per heavy atom. The maximum absolute atomic E-state index is 12.1. The maximum atomic E-state index is 12.1. The first-order valence-corrected chi connectivity index (χ1v) is 56.4. The molecule has 10 rings (SSSR count). The predicted molar refractivity (Wildman–Crippen MR) is 595 cm³/mol. The molecule has 20 heteroatoms. The summed E-state index contributed by atoms with van der Waals surface area (Å²) in [4.78, 5) is 84.5. The number of nitrogens with one attached hydrogen (secondary N) is 5. The number of rotatable bonds is 18. The van der Waals surface area contributed by atoms with Gasteiger partial charge in [-0.25, -0.2) is 19.2 Å². The van der Waals surface area contributed by atoms with E-state index in [2.05, 4.69) is 217 Å². The van der Waals surface area contributed by atoms with Crippen LogP contribution < -0.4 is 32.3 Å². The van der Waals surface area contributed by atoms with Gasteiger partial charge in [-0.2, -0.15) is 0 Å². The van der Waals surface area contributed by atoms with Gasteiger partial charge in [0.1, 0.15) is 22.5 Å². The smallest absolute Gasteiger partial charge is 0.410 e. The van der Waals surface area contributed by atoms with Gasteiger partial charge in [0.2, 0.25) is 0 Å². The van der Waals surface area contributed by atoms with Crippen LogP contribution in [0.25, 0.3) is 0 Å². The molecule has 0 saturated heterocycles. The molecule has 7 N–H and O–H groups in total. The second-order valence-electron chi connectivity index (χ2n) is 57.5. The van der Waals surface area contributed by atoms with E-state index in [-0.39, 0.29) is 36.1 Å². The summed E-state index contributed by atoms with van der Waals surface area (Å²) in [7, 11) is 9.82. The van der Waals surface area contributed by atoms with E-state index in [1.807, 2.05) is 95.6 Å². The number of carbonyl (C=O) groups excluding carboxylic acids is 6. The molecule has 2 aromatic rings. The van der Waals surface area contributed by atoms with Crippen molar-refractivity contribution in [2.45, 2.75) is 550 Å². The number of nitrogens with two attached hydrogens (primary N) is 1. The number of aromatic nitrogens is 2. The molecule has 141 heavy (non-hydrogen) atoms. The lowest BCUT2D eigenvalue weighted by atomic mass is 9.76. The van der Waals surface area contributed by atoms with E-state index in [0.29, 0.717) is 90.8 Å². The molecule has 0 unspecified atom stereocenters. The maximum Gasteiger partial charge on any atom is 0.410 e. The van der Waals surface area contributed by atoms with Gasteiger partial charge in [0.25, 0.3) is 11.8 Å². The average molecular weight is 1980 g/mol. The highest BCUT2D eigenvalue weighted by atomic mass is 16.6. The van der Waals surface area contributed by atoms with Gasteiger partial charge in [-0.3, -0.25) is 19.6 Å². The van der Waals surface area contributed by atoms with Crippen molar-refractivity contribution >= 4 is 36.1 Å². The van der Waals surface area contributed by atoms with E-state index in [4.69, 9.17) is 19.9 Å². The number of hydrogen-bond acceptors (Lipinski definition) is 13. The molecule has 8 fully saturated rings. The highest BCUT2D eigenvalue weighted by Gasteiger charge is 2.38. The number of primary amides is 1. The molecular formula is C121H225N11O9. The zero-order valence-corrected chi connectivity index (χ0v) is 98.6. The van der Waals surface area contributed by atoms with Crippen molar-refractivity contribution in [1.29, 1.82) is 0 Å². The van der Waals surface area contributed by atoms with E-state index in [1.165, 1.54) is 180 Å². The molecule has 0 aliphatic heterocycles. The standard InChI is InChI=1S/2C17H26N2O.3C17H33NO2.C12H24N2O.2C12H25N/c1-17(2,3)12-13-4-6-15(7-5-13)19-16(20)14-8-10-18-11-9-14;1-17(2,3)12-13-7-9-14(10-8-13)19-16(20)15-6-4-5-11-18-15;3*1-16(2,3)12-13-8-10-14(11-9-13)18(7)15(19)20-17(4,5)6;1-12(2,3)8-9-4-6-10(7-5-9)14-11(13)15;2*1-12(2,3)9-10-5-7-11(13-4)8-6-10/h8-11,13,15H,4-7,12H2,1-3H3,(H,19,20);4-6,11,13-14H,7-10,12H2,1-3H3,(H,19,20);3*13-14H,8-12H2,1-7H3;9-10H,4-8H2,1-3H3,(H3,13,14,15);2*10-11,13H,5-9H2,1-4H3. The molecule has 0 atom stereocenters. The Hall–Kier alpha value is -5.76. The molecule has 2 heterocycles. The fourth-order valence-corrected chi connectivity index (χ4v) is 23.2. The Balaban J connectivity index is 0.000000417. The number of nitrogens with zero attached hydrogens (tertiary/aromatic N) is 5. The van der Waals surface area contributed by atoms with Crippen molar-refractivity contribution in [2.24, 2.45) is 96.4 Å². The van der Waals surface area contributed by atoms with Crippen LogP contribution in [-0.4, -0.2) is 161 Å². The van der Waals surface area contributed by atoms with Crippen molar-refractivity contribution in [1.82, 2.24) is 51.3 Å². The molecule has 0 aromatic carbocycles. The average Bonchev–Trinajstić information content (AvgIpc) is 0.850. The molecule has 0 bridgehead atoms. The topological polar surface area (TPSA) is 252 Å². The fraction of sp³-hybridized carbons (Fsp3) is 0.868. The van der Waals surface area contributed by atoms with Gasteiger partial charge < -0.3 is 61.2 Å². The Labute approximate surface area is 867 Å². The number of ether oxygens (including phenoxy) is 3. The third kappa shape index (κ3) is 62.9. The van der Waals surface area contributed by atoms with Crippen molar-refractivity contribution in [2.75, 3.05) is 35.2 Å².